The summed E-state index contributed by atoms with van der Waals surface area (Å²) in [5, 5.41) is 2.73. The van der Waals surface area contributed by atoms with E-state index >= 15 is 0 Å². The number of carbonyl (C=O) groups excluding carboxylic acids is 2. The summed E-state index contributed by atoms with van der Waals surface area (Å²) >= 11 is 0. The predicted molar refractivity (Wildman–Crippen MR) is 73.6 cm³/mol. The summed E-state index contributed by atoms with van der Waals surface area (Å²) in [7, 11) is 0. The van der Waals surface area contributed by atoms with Gasteiger partial charge in [0.1, 0.15) is 5.82 Å². The third kappa shape index (κ3) is 3.07. The number of rotatable bonds is 4. The number of halogens is 1. The van der Waals surface area contributed by atoms with Crippen molar-refractivity contribution < 1.29 is 14.0 Å². The molecule has 0 aliphatic carbocycles. The molecule has 1 fully saturated rings. The quantitative estimate of drug-likeness (QED) is 0.812. The van der Waals surface area contributed by atoms with Gasteiger partial charge in [0.2, 0.25) is 5.91 Å². The number of likely N-dealkylation sites (tertiary alicyclic amines) is 1. The summed E-state index contributed by atoms with van der Waals surface area (Å²) in [6, 6.07) is 3.90. The lowest BCUT2D eigenvalue weighted by Gasteiger charge is -2.22. The highest BCUT2D eigenvalue weighted by molar-refractivity contribution is 5.99. The molecule has 1 aromatic carbocycles. The van der Waals surface area contributed by atoms with E-state index in [-0.39, 0.29) is 23.2 Å². The van der Waals surface area contributed by atoms with E-state index in [9.17, 15) is 14.0 Å². The molecule has 0 saturated carbocycles. The van der Waals surface area contributed by atoms with Gasteiger partial charge in [-0.05, 0) is 25.5 Å². The minimum absolute atomic E-state index is 0.108. The van der Waals surface area contributed by atoms with Gasteiger partial charge in [-0.2, -0.15) is 0 Å². The first-order valence-electron chi connectivity index (χ1n) is 6.61. The highest BCUT2D eigenvalue weighted by Gasteiger charge is 2.23. The Morgan fingerprint density at radius 1 is 1.55 bits per heavy atom. The maximum Gasteiger partial charge on any atom is 0.253 e. The van der Waals surface area contributed by atoms with Gasteiger partial charge in [-0.15, -0.1) is 0 Å². The second-order valence-electron chi connectivity index (χ2n) is 5.02. The highest BCUT2D eigenvalue weighted by atomic mass is 19.1. The molecule has 0 radical (unpaired) electrons. The van der Waals surface area contributed by atoms with E-state index in [4.69, 9.17) is 5.73 Å². The topological polar surface area (TPSA) is 75.4 Å². The number of hydrogen-bond acceptors (Lipinski definition) is 3. The van der Waals surface area contributed by atoms with Crippen LogP contribution in [0.4, 0.5) is 10.1 Å². The van der Waals surface area contributed by atoms with Crippen LogP contribution >= 0.6 is 0 Å². The molecule has 2 amide bonds. The number of nitrogens with two attached hydrogens (primary N) is 1. The standard InChI is InChI=1S/C14H18FN3O2/c1-9(8-18-7-3-6-12(18)19)17-14(20)10-4-2-5-11(15)13(10)16/h2,4-5,9H,3,6-8,16H2,1H3,(H,17,20). The summed E-state index contributed by atoms with van der Waals surface area (Å²) < 4.78 is 13.3. The molecule has 1 unspecified atom stereocenters. The van der Waals surface area contributed by atoms with Crippen molar-refractivity contribution in [1.29, 1.82) is 0 Å². The van der Waals surface area contributed by atoms with Crippen LogP contribution in [0.2, 0.25) is 0 Å². The molecule has 1 aliphatic rings. The predicted octanol–water partition coefficient (Wildman–Crippen LogP) is 1.15. The van der Waals surface area contributed by atoms with Crippen LogP contribution in [0.25, 0.3) is 0 Å². The highest BCUT2D eigenvalue weighted by Crippen LogP contribution is 2.16. The van der Waals surface area contributed by atoms with Crippen molar-refractivity contribution in [3.63, 3.8) is 0 Å². The fourth-order valence-corrected chi connectivity index (χ4v) is 2.31. The lowest BCUT2D eigenvalue weighted by atomic mass is 10.1. The van der Waals surface area contributed by atoms with Crippen LogP contribution in [0.1, 0.15) is 30.1 Å². The van der Waals surface area contributed by atoms with E-state index in [2.05, 4.69) is 5.32 Å². The van der Waals surface area contributed by atoms with Crippen molar-refractivity contribution in [1.82, 2.24) is 10.2 Å². The van der Waals surface area contributed by atoms with Crippen molar-refractivity contribution >= 4 is 17.5 Å². The van der Waals surface area contributed by atoms with Gasteiger partial charge in [0.15, 0.2) is 0 Å². The monoisotopic (exact) mass is 279 g/mol. The normalized spacial score (nSPS) is 16.3. The van der Waals surface area contributed by atoms with Crippen molar-refractivity contribution in [3.05, 3.63) is 29.6 Å². The fourth-order valence-electron chi connectivity index (χ4n) is 2.31. The summed E-state index contributed by atoms with van der Waals surface area (Å²) in [4.78, 5) is 25.3. The van der Waals surface area contributed by atoms with Gasteiger partial charge in [0.25, 0.3) is 5.91 Å². The van der Waals surface area contributed by atoms with Crippen LogP contribution in [0.5, 0.6) is 0 Å². The summed E-state index contributed by atoms with van der Waals surface area (Å²) in [5.41, 5.74) is 5.50. The number of nitrogens with one attached hydrogen (secondary N) is 1. The smallest absolute Gasteiger partial charge is 0.253 e. The molecule has 1 atom stereocenters. The van der Waals surface area contributed by atoms with E-state index < -0.39 is 11.7 Å². The van der Waals surface area contributed by atoms with Crippen molar-refractivity contribution in [2.75, 3.05) is 18.8 Å². The number of anilines is 1. The van der Waals surface area contributed by atoms with Crippen LogP contribution < -0.4 is 11.1 Å². The second-order valence-corrected chi connectivity index (χ2v) is 5.02. The van der Waals surface area contributed by atoms with Gasteiger partial charge in [-0.25, -0.2) is 4.39 Å². The fraction of sp³-hybridized carbons (Fsp3) is 0.429. The molecule has 1 heterocycles. The molecule has 1 saturated heterocycles. The molecule has 3 N–H and O–H groups in total. The largest absolute Gasteiger partial charge is 0.396 e. The first-order valence-corrected chi connectivity index (χ1v) is 6.61. The lowest BCUT2D eigenvalue weighted by molar-refractivity contribution is -0.127. The Morgan fingerprint density at radius 2 is 2.30 bits per heavy atom. The molecule has 5 nitrogen and oxygen atoms in total. The van der Waals surface area contributed by atoms with Gasteiger partial charge in [-0.3, -0.25) is 9.59 Å². The van der Waals surface area contributed by atoms with E-state index in [1.54, 1.807) is 11.8 Å². The zero-order valence-electron chi connectivity index (χ0n) is 11.4. The Hall–Kier alpha value is -2.11. The van der Waals surface area contributed by atoms with Gasteiger partial charge in [0, 0.05) is 25.6 Å². The first kappa shape index (κ1) is 14.3. The Kier molecular flexibility index (Phi) is 4.22. The van der Waals surface area contributed by atoms with E-state index in [0.717, 1.165) is 13.0 Å². The van der Waals surface area contributed by atoms with Crippen molar-refractivity contribution in [2.45, 2.75) is 25.8 Å². The van der Waals surface area contributed by atoms with E-state index in [0.29, 0.717) is 13.0 Å². The molecule has 108 valence electrons. The summed E-state index contributed by atoms with van der Waals surface area (Å²) in [6.07, 6.45) is 1.42. The average molecular weight is 279 g/mol. The third-order valence-electron chi connectivity index (χ3n) is 3.34. The second kappa shape index (κ2) is 5.90. The SMILES string of the molecule is CC(CN1CCCC1=O)NC(=O)c1cccc(F)c1N. The summed E-state index contributed by atoms with van der Waals surface area (Å²) in [5.74, 6) is -0.933. The van der Waals surface area contributed by atoms with E-state index in [1.165, 1.54) is 18.2 Å². The van der Waals surface area contributed by atoms with Crippen LogP contribution in [0.3, 0.4) is 0 Å². The Bertz CT molecular complexity index is 533. The zero-order valence-corrected chi connectivity index (χ0v) is 11.4. The molecule has 1 aliphatic heterocycles. The maximum atomic E-state index is 13.3. The molecule has 1 aromatic rings. The molecule has 6 heteroatoms. The molecular weight excluding hydrogens is 261 g/mol. The molecule has 20 heavy (non-hydrogen) atoms. The number of para-hydroxylation sites is 1. The van der Waals surface area contributed by atoms with Crippen molar-refractivity contribution in [3.8, 4) is 0 Å². The van der Waals surface area contributed by atoms with Gasteiger partial charge in [0.05, 0.1) is 11.3 Å². The molecule has 0 spiro atoms. The number of amides is 2. The van der Waals surface area contributed by atoms with Crippen molar-refractivity contribution in [2.24, 2.45) is 0 Å². The number of benzene rings is 1. The van der Waals surface area contributed by atoms with E-state index in [1.807, 2.05) is 0 Å². The average Bonchev–Trinajstić information content (AvgIpc) is 2.78. The first-order chi connectivity index (χ1) is 9.49. The van der Waals surface area contributed by atoms with Gasteiger partial charge < -0.3 is 16.0 Å². The van der Waals surface area contributed by atoms with Crippen LogP contribution in [0.15, 0.2) is 18.2 Å². The minimum atomic E-state index is -0.611. The molecular formula is C14H18FN3O2. The Balaban J connectivity index is 1.97. The Labute approximate surface area is 116 Å². The van der Waals surface area contributed by atoms with Crippen LogP contribution in [-0.2, 0) is 4.79 Å². The lowest BCUT2D eigenvalue weighted by Crippen LogP contribution is -2.42. The molecule has 0 bridgehead atoms. The summed E-state index contributed by atoms with van der Waals surface area (Å²) in [6.45, 7) is 2.99. The third-order valence-corrected chi connectivity index (χ3v) is 3.34. The van der Waals surface area contributed by atoms with Crippen LogP contribution in [-0.4, -0.2) is 35.8 Å². The number of nitrogen functional groups attached to an aromatic ring is 1. The van der Waals surface area contributed by atoms with Gasteiger partial charge >= 0.3 is 0 Å². The zero-order chi connectivity index (χ0) is 14.7. The number of carbonyl (C=O) groups is 2. The maximum absolute atomic E-state index is 13.3. The minimum Gasteiger partial charge on any atom is -0.396 e. The van der Waals surface area contributed by atoms with Gasteiger partial charge in [-0.1, -0.05) is 6.07 Å². The molecule has 0 aromatic heterocycles. The molecule has 2 rings (SSSR count). The number of hydrogen-bond donors (Lipinski definition) is 2. The Morgan fingerprint density at radius 3 is 2.95 bits per heavy atom. The number of nitrogens with zero attached hydrogens (tertiary/aromatic N) is 1. The van der Waals surface area contributed by atoms with Crippen LogP contribution in [0, 0.1) is 5.82 Å².